The van der Waals surface area contributed by atoms with Crippen molar-refractivity contribution in [3.8, 4) is 5.75 Å². The monoisotopic (exact) mass is 318 g/mol. The van der Waals surface area contributed by atoms with Gasteiger partial charge in [0.25, 0.3) is 0 Å². The summed E-state index contributed by atoms with van der Waals surface area (Å²) in [6.45, 7) is 1.09. The lowest BCUT2D eigenvalue weighted by atomic mass is 10.1. The van der Waals surface area contributed by atoms with Gasteiger partial charge in [-0.15, -0.1) is 0 Å². The highest BCUT2D eigenvalue weighted by molar-refractivity contribution is 7.80. The van der Waals surface area contributed by atoms with Crippen LogP contribution < -0.4 is 15.4 Å². The molecule has 0 atom stereocenters. The molecule has 0 amide bonds. The number of thiocarbonyl (C=S) groups is 1. The summed E-state index contributed by atoms with van der Waals surface area (Å²) in [5, 5.41) is 6.65. The molecule has 0 spiro atoms. The largest absolute Gasteiger partial charge is 0.497 e. The van der Waals surface area contributed by atoms with Crippen molar-refractivity contribution < 1.29 is 9.13 Å². The lowest BCUT2D eigenvalue weighted by Crippen LogP contribution is -2.36. The van der Waals surface area contributed by atoms with Crippen molar-refractivity contribution >= 4 is 17.3 Å². The van der Waals surface area contributed by atoms with Gasteiger partial charge < -0.3 is 15.4 Å². The van der Waals surface area contributed by atoms with Crippen LogP contribution in [0.5, 0.6) is 5.75 Å². The second-order valence-corrected chi connectivity index (χ2v) is 5.21. The molecule has 0 saturated heterocycles. The van der Waals surface area contributed by atoms with Crippen LogP contribution in [0.25, 0.3) is 0 Å². The molecule has 0 bridgehead atoms. The van der Waals surface area contributed by atoms with Gasteiger partial charge in [-0.25, -0.2) is 4.39 Å². The molecule has 0 aromatic heterocycles. The quantitative estimate of drug-likeness (QED) is 0.802. The Morgan fingerprint density at radius 3 is 2.50 bits per heavy atom. The number of hydrogen-bond donors (Lipinski definition) is 2. The van der Waals surface area contributed by atoms with Gasteiger partial charge >= 0.3 is 0 Å². The molecule has 3 nitrogen and oxygen atoms in total. The van der Waals surface area contributed by atoms with E-state index in [0.29, 0.717) is 17.2 Å². The number of rotatable bonds is 6. The van der Waals surface area contributed by atoms with E-state index in [1.807, 2.05) is 24.3 Å². The van der Waals surface area contributed by atoms with Crippen LogP contribution in [-0.4, -0.2) is 18.8 Å². The number of benzene rings is 2. The summed E-state index contributed by atoms with van der Waals surface area (Å²) < 4.78 is 18.6. The van der Waals surface area contributed by atoms with E-state index in [1.54, 1.807) is 25.3 Å². The summed E-state index contributed by atoms with van der Waals surface area (Å²) >= 11 is 5.19. The van der Waals surface area contributed by atoms with Gasteiger partial charge in [-0.3, -0.25) is 0 Å². The van der Waals surface area contributed by atoms with Gasteiger partial charge in [-0.05, 0) is 42.4 Å². The molecular formula is C17H19FN2OS. The van der Waals surface area contributed by atoms with Gasteiger partial charge in [-0.2, -0.15) is 0 Å². The van der Waals surface area contributed by atoms with Gasteiger partial charge in [0, 0.05) is 18.7 Å². The lowest BCUT2D eigenvalue weighted by molar-refractivity contribution is 0.414. The third-order valence-electron chi connectivity index (χ3n) is 3.26. The van der Waals surface area contributed by atoms with Crippen molar-refractivity contribution in [2.45, 2.75) is 13.0 Å². The van der Waals surface area contributed by atoms with Gasteiger partial charge in [0.15, 0.2) is 5.11 Å². The Labute approximate surface area is 135 Å². The number of halogens is 1. The Morgan fingerprint density at radius 2 is 1.82 bits per heavy atom. The highest BCUT2D eigenvalue weighted by Crippen LogP contribution is 2.11. The molecule has 2 aromatic carbocycles. The molecular weight excluding hydrogens is 299 g/mol. The first-order valence-corrected chi connectivity index (χ1v) is 7.48. The van der Waals surface area contributed by atoms with Gasteiger partial charge in [0.1, 0.15) is 11.6 Å². The summed E-state index contributed by atoms with van der Waals surface area (Å²) in [6.07, 6.45) is 0.853. The average Bonchev–Trinajstić information content (AvgIpc) is 2.55. The van der Waals surface area contributed by atoms with E-state index in [0.717, 1.165) is 18.7 Å². The van der Waals surface area contributed by atoms with E-state index >= 15 is 0 Å². The third kappa shape index (κ3) is 5.00. The number of hydrogen-bond acceptors (Lipinski definition) is 2. The van der Waals surface area contributed by atoms with E-state index in [4.69, 9.17) is 17.0 Å². The zero-order chi connectivity index (χ0) is 15.8. The first-order chi connectivity index (χ1) is 10.7. The van der Waals surface area contributed by atoms with Crippen LogP contribution in [0.4, 0.5) is 4.39 Å². The van der Waals surface area contributed by atoms with Crippen molar-refractivity contribution in [3.05, 3.63) is 65.5 Å². The standard InChI is InChI=1S/C17H19FN2OS/c1-21-15-8-6-13(7-9-15)10-11-19-17(22)20-12-14-4-2-3-5-16(14)18/h2-9H,10-12H2,1H3,(H2,19,20,22). The highest BCUT2D eigenvalue weighted by atomic mass is 32.1. The molecule has 0 aliphatic rings. The smallest absolute Gasteiger partial charge is 0.166 e. The molecule has 0 unspecified atom stereocenters. The van der Waals surface area contributed by atoms with Crippen LogP contribution in [0, 0.1) is 5.82 Å². The number of nitrogens with one attached hydrogen (secondary N) is 2. The SMILES string of the molecule is COc1ccc(CCNC(=S)NCc2ccccc2F)cc1. The van der Waals surface area contributed by atoms with E-state index in [2.05, 4.69) is 10.6 Å². The van der Waals surface area contributed by atoms with Gasteiger partial charge in [0.2, 0.25) is 0 Å². The molecule has 5 heteroatoms. The Bertz CT molecular complexity index is 616. The Morgan fingerprint density at radius 1 is 1.09 bits per heavy atom. The highest BCUT2D eigenvalue weighted by Gasteiger charge is 2.01. The molecule has 0 aliphatic heterocycles. The molecule has 2 rings (SSSR count). The first-order valence-electron chi connectivity index (χ1n) is 7.07. The Kier molecular flexibility index (Phi) is 6.15. The van der Waals surface area contributed by atoms with E-state index in [9.17, 15) is 4.39 Å². The van der Waals surface area contributed by atoms with Crippen LogP contribution in [0.15, 0.2) is 48.5 Å². The molecule has 0 heterocycles. The molecule has 116 valence electrons. The van der Waals surface area contributed by atoms with Crippen molar-refractivity contribution in [3.63, 3.8) is 0 Å². The minimum absolute atomic E-state index is 0.226. The second kappa shape index (κ2) is 8.34. The van der Waals surface area contributed by atoms with Crippen LogP contribution in [0.1, 0.15) is 11.1 Å². The third-order valence-corrected chi connectivity index (χ3v) is 3.54. The van der Waals surface area contributed by atoms with E-state index < -0.39 is 0 Å². The summed E-state index contributed by atoms with van der Waals surface area (Å²) in [4.78, 5) is 0. The topological polar surface area (TPSA) is 33.3 Å². The zero-order valence-corrected chi connectivity index (χ0v) is 13.3. The zero-order valence-electron chi connectivity index (χ0n) is 12.4. The molecule has 0 radical (unpaired) electrons. The van der Waals surface area contributed by atoms with Crippen LogP contribution >= 0.6 is 12.2 Å². The van der Waals surface area contributed by atoms with Gasteiger partial charge in [-0.1, -0.05) is 30.3 Å². The maximum atomic E-state index is 13.5. The maximum Gasteiger partial charge on any atom is 0.166 e. The second-order valence-electron chi connectivity index (χ2n) is 4.80. The molecule has 0 aliphatic carbocycles. The van der Waals surface area contributed by atoms with Crippen LogP contribution in [0.2, 0.25) is 0 Å². The summed E-state index contributed by atoms with van der Waals surface area (Å²) in [7, 11) is 1.65. The summed E-state index contributed by atoms with van der Waals surface area (Å²) in [6, 6.07) is 14.6. The van der Waals surface area contributed by atoms with E-state index in [-0.39, 0.29) is 5.82 Å². The minimum atomic E-state index is -0.226. The first kappa shape index (κ1) is 16.2. The average molecular weight is 318 g/mol. The lowest BCUT2D eigenvalue weighted by Gasteiger charge is -2.11. The molecule has 0 saturated carbocycles. The summed E-state index contributed by atoms with van der Waals surface area (Å²) in [5.41, 5.74) is 1.80. The van der Waals surface area contributed by atoms with Gasteiger partial charge in [0.05, 0.1) is 7.11 Å². The minimum Gasteiger partial charge on any atom is -0.497 e. The van der Waals surface area contributed by atoms with E-state index in [1.165, 1.54) is 11.6 Å². The Hall–Kier alpha value is -2.14. The molecule has 22 heavy (non-hydrogen) atoms. The van der Waals surface area contributed by atoms with Crippen molar-refractivity contribution in [2.75, 3.05) is 13.7 Å². The maximum absolute atomic E-state index is 13.5. The number of methoxy groups -OCH3 is 1. The van der Waals surface area contributed by atoms with Crippen LogP contribution in [-0.2, 0) is 13.0 Å². The number of ether oxygens (including phenoxy) is 1. The van der Waals surface area contributed by atoms with Crippen molar-refractivity contribution in [1.29, 1.82) is 0 Å². The van der Waals surface area contributed by atoms with Crippen molar-refractivity contribution in [2.24, 2.45) is 0 Å². The predicted octanol–water partition coefficient (Wildman–Crippen LogP) is 3.04. The normalized spacial score (nSPS) is 10.1. The molecule has 2 aromatic rings. The fourth-order valence-electron chi connectivity index (χ4n) is 1.99. The fraction of sp³-hybridized carbons (Fsp3) is 0.235. The molecule has 0 fully saturated rings. The predicted molar refractivity (Wildman–Crippen MR) is 90.5 cm³/mol. The van der Waals surface area contributed by atoms with Crippen LogP contribution in [0.3, 0.4) is 0 Å². The Balaban J connectivity index is 1.70. The fourth-order valence-corrected chi connectivity index (χ4v) is 2.17. The van der Waals surface area contributed by atoms with Crippen molar-refractivity contribution in [1.82, 2.24) is 10.6 Å². The summed E-state index contributed by atoms with van der Waals surface area (Å²) in [5.74, 6) is 0.620. The molecule has 2 N–H and O–H groups in total.